The van der Waals surface area contributed by atoms with E-state index < -0.39 is 0 Å². The summed E-state index contributed by atoms with van der Waals surface area (Å²) >= 11 is 1.69. The molecular formula is C21H22N2OS. The molecule has 0 saturated carbocycles. The third kappa shape index (κ3) is 4.56. The maximum atomic E-state index is 12.6. The highest BCUT2D eigenvalue weighted by atomic mass is 32.1. The van der Waals surface area contributed by atoms with Gasteiger partial charge in [0.15, 0.2) is 0 Å². The molecule has 0 aliphatic heterocycles. The number of anilines is 1. The molecule has 0 fully saturated rings. The van der Waals surface area contributed by atoms with Crippen LogP contribution in [0.2, 0.25) is 0 Å². The van der Waals surface area contributed by atoms with Crippen molar-refractivity contribution in [2.75, 3.05) is 5.32 Å². The summed E-state index contributed by atoms with van der Waals surface area (Å²) in [6.07, 6.45) is 0. The number of amides is 1. The van der Waals surface area contributed by atoms with Gasteiger partial charge in [-0.2, -0.15) is 0 Å². The Bertz CT molecular complexity index is 798. The molecule has 0 aliphatic carbocycles. The first kappa shape index (κ1) is 17.4. The van der Waals surface area contributed by atoms with Crippen molar-refractivity contribution in [1.29, 1.82) is 0 Å². The van der Waals surface area contributed by atoms with Crippen molar-refractivity contribution in [2.24, 2.45) is 0 Å². The number of nitrogens with one attached hydrogen (secondary N) is 2. The van der Waals surface area contributed by atoms with Crippen LogP contribution >= 0.6 is 11.3 Å². The van der Waals surface area contributed by atoms with Crippen LogP contribution in [0.15, 0.2) is 72.1 Å². The van der Waals surface area contributed by atoms with E-state index in [0.717, 1.165) is 11.3 Å². The van der Waals surface area contributed by atoms with Crippen molar-refractivity contribution in [1.82, 2.24) is 5.32 Å². The maximum absolute atomic E-state index is 12.6. The molecule has 1 amide bonds. The Morgan fingerprint density at radius 2 is 1.68 bits per heavy atom. The fourth-order valence-electron chi connectivity index (χ4n) is 2.66. The van der Waals surface area contributed by atoms with Crippen molar-refractivity contribution < 1.29 is 4.79 Å². The van der Waals surface area contributed by atoms with E-state index in [9.17, 15) is 4.79 Å². The smallest absolute Gasteiger partial charge is 0.241 e. The van der Waals surface area contributed by atoms with Gasteiger partial charge in [0.1, 0.15) is 0 Å². The Morgan fingerprint density at radius 3 is 2.32 bits per heavy atom. The molecule has 2 atom stereocenters. The number of carbonyl (C=O) groups excluding carboxylic acids is 1. The number of thiophene rings is 1. The molecule has 2 N–H and O–H groups in total. The van der Waals surface area contributed by atoms with E-state index in [0.29, 0.717) is 0 Å². The molecule has 25 heavy (non-hydrogen) atoms. The van der Waals surface area contributed by atoms with Crippen molar-refractivity contribution in [3.05, 3.63) is 88.1 Å². The Kier molecular flexibility index (Phi) is 5.64. The molecule has 4 heteroatoms. The monoisotopic (exact) mass is 350 g/mol. The SMILES string of the molecule is Cc1ccc(NC(=O)[C@@H](C)N[C@@H](c2ccccc2)c2cccs2)cc1. The lowest BCUT2D eigenvalue weighted by atomic mass is 10.0. The van der Waals surface area contributed by atoms with Crippen LogP contribution in [0.4, 0.5) is 5.69 Å². The van der Waals surface area contributed by atoms with E-state index in [1.165, 1.54) is 10.4 Å². The highest BCUT2D eigenvalue weighted by Crippen LogP contribution is 2.26. The van der Waals surface area contributed by atoms with Crippen LogP contribution in [0.3, 0.4) is 0 Å². The minimum Gasteiger partial charge on any atom is -0.325 e. The summed E-state index contributed by atoms with van der Waals surface area (Å²) in [6, 6.07) is 21.9. The van der Waals surface area contributed by atoms with E-state index in [4.69, 9.17) is 0 Å². The predicted octanol–water partition coefficient (Wildman–Crippen LogP) is 4.76. The van der Waals surface area contributed by atoms with Crippen LogP contribution in [0.25, 0.3) is 0 Å². The van der Waals surface area contributed by atoms with Gasteiger partial charge in [0.25, 0.3) is 0 Å². The van der Waals surface area contributed by atoms with Crippen LogP contribution in [-0.4, -0.2) is 11.9 Å². The topological polar surface area (TPSA) is 41.1 Å². The molecule has 0 aliphatic rings. The Morgan fingerprint density at radius 1 is 0.960 bits per heavy atom. The average molecular weight is 350 g/mol. The molecule has 2 aromatic carbocycles. The summed E-state index contributed by atoms with van der Waals surface area (Å²) in [4.78, 5) is 13.8. The van der Waals surface area contributed by atoms with Gasteiger partial charge in [-0.1, -0.05) is 54.1 Å². The first-order valence-corrected chi connectivity index (χ1v) is 9.23. The van der Waals surface area contributed by atoms with E-state index in [1.807, 2.05) is 62.4 Å². The lowest BCUT2D eigenvalue weighted by Crippen LogP contribution is -2.40. The summed E-state index contributed by atoms with van der Waals surface area (Å²) in [5, 5.41) is 8.50. The first-order chi connectivity index (χ1) is 12.1. The van der Waals surface area contributed by atoms with Gasteiger partial charge in [-0.05, 0) is 43.0 Å². The van der Waals surface area contributed by atoms with Crippen molar-refractivity contribution in [2.45, 2.75) is 25.9 Å². The molecule has 0 saturated heterocycles. The second-order valence-electron chi connectivity index (χ2n) is 6.10. The molecule has 0 bridgehead atoms. The minimum atomic E-state index is -0.325. The molecule has 3 rings (SSSR count). The van der Waals surface area contributed by atoms with Crippen LogP contribution in [0, 0.1) is 6.92 Å². The zero-order chi connectivity index (χ0) is 17.6. The van der Waals surface area contributed by atoms with Gasteiger partial charge in [0.05, 0.1) is 12.1 Å². The lowest BCUT2D eigenvalue weighted by molar-refractivity contribution is -0.117. The number of carbonyl (C=O) groups is 1. The highest BCUT2D eigenvalue weighted by molar-refractivity contribution is 7.10. The van der Waals surface area contributed by atoms with Gasteiger partial charge in [0.2, 0.25) is 5.91 Å². The van der Waals surface area contributed by atoms with E-state index in [-0.39, 0.29) is 18.0 Å². The van der Waals surface area contributed by atoms with Gasteiger partial charge in [0, 0.05) is 10.6 Å². The number of hydrogen-bond donors (Lipinski definition) is 2. The zero-order valence-electron chi connectivity index (χ0n) is 14.4. The number of rotatable bonds is 6. The summed E-state index contributed by atoms with van der Waals surface area (Å²) in [5.74, 6) is -0.0404. The molecule has 0 spiro atoms. The molecule has 0 radical (unpaired) electrons. The van der Waals surface area contributed by atoms with Crippen molar-refractivity contribution >= 4 is 22.9 Å². The Balaban J connectivity index is 1.72. The van der Waals surface area contributed by atoms with Crippen molar-refractivity contribution in [3.8, 4) is 0 Å². The molecule has 128 valence electrons. The van der Waals surface area contributed by atoms with E-state index >= 15 is 0 Å². The molecular weight excluding hydrogens is 328 g/mol. The van der Waals surface area contributed by atoms with Crippen LogP contribution in [0.1, 0.15) is 29.0 Å². The van der Waals surface area contributed by atoms with Crippen LogP contribution < -0.4 is 10.6 Å². The van der Waals surface area contributed by atoms with Crippen LogP contribution in [0.5, 0.6) is 0 Å². The van der Waals surface area contributed by atoms with E-state index in [2.05, 4.69) is 34.2 Å². The normalized spacial score (nSPS) is 13.2. The molecule has 3 aromatic rings. The summed E-state index contributed by atoms with van der Waals surface area (Å²) in [7, 11) is 0. The van der Waals surface area contributed by atoms with E-state index in [1.54, 1.807) is 11.3 Å². The Labute approximate surface area is 152 Å². The number of aryl methyl sites for hydroxylation is 1. The second-order valence-corrected chi connectivity index (χ2v) is 7.08. The number of benzene rings is 2. The fourth-order valence-corrected chi connectivity index (χ4v) is 3.47. The molecule has 0 unspecified atom stereocenters. The minimum absolute atomic E-state index is 0.0000298. The molecule has 3 nitrogen and oxygen atoms in total. The van der Waals surface area contributed by atoms with Gasteiger partial charge in [-0.3, -0.25) is 10.1 Å². The fraction of sp³-hybridized carbons (Fsp3) is 0.190. The average Bonchev–Trinajstić information content (AvgIpc) is 3.16. The standard InChI is InChI=1S/C21H22N2OS/c1-15-10-12-18(13-11-15)23-21(24)16(2)22-20(19-9-6-14-25-19)17-7-4-3-5-8-17/h3-14,16,20,22H,1-2H3,(H,23,24)/t16-,20+/m1/s1. The highest BCUT2D eigenvalue weighted by Gasteiger charge is 2.21. The predicted molar refractivity (Wildman–Crippen MR) is 105 cm³/mol. The van der Waals surface area contributed by atoms with Gasteiger partial charge in [-0.15, -0.1) is 11.3 Å². The summed E-state index contributed by atoms with van der Waals surface area (Å²) in [6.45, 7) is 3.92. The summed E-state index contributed by atoms with van der Waals surface area (Å²) < 4.78 is 0. The first-order valence-electron chi connectivity index (χ1n) is 8.35. The van der Waals surface area contributed by atoms with Crippen LogP contribution in [-0.2, 0) is 4.79 Å². The quantitative estimate of drug-likeness (QED) is 0.673. The molecule has 1 heterocycles. The van der Waals surface area contributed by atoms with Crippen molar-refractivity contribution in [3.63, 3.8) is 0 Å². The lowest BCUT2D eigenvalue weighted by Gasteiger charge is -2.22. The van der Waals surface area contributed by atoms with Gasteiger partial charge in [-0.25, -0.2) is 0 Å². The number of hydrogen-bond acceptors (Lipinski definition) is 3. The third-order valence-electron chi connectivity index (χ3n) is 4.09. The largest absolute Gasteiger partial charge is 0.325 e. The second kappa shape index (κ2) is 8.10. The molecule has 1 aromatic heterocycles. The van der Waals surface area contributed by atoms with Gasteiger partial charge >= 0.3 is 0 Å². The maximum Gasteiger partial charge on any atom is 0.241 e. The third-order valence-corrected chi connectivity index (χ3v) is 5.03. The summed E-state index contributed by atoms with van der Waals surface area (Å²) in [5.41, 5.74) is 3.14. The zero-order valence-corrected chi connectivity index (χ0v) is 15.2. The van der Waals surface area contributed by atoms with Gasteiger partial charge < -0.3 is 5.32 Å². The Hall–Kier alpha value is -2.43.